The minimum absolute atomic E-state index is 0.0433. The maximum atomic E-state index is 12.6. The number of carbonyl (C=O) groups is 2. The molecule has 0 radical (unpaired) electrons. The minimum Gasteiger partial charge on any atom is -0.462 e. The molecule has 2 unspecified atom stereocenters. The van der Waals surface area contributed by atoms with Crippen molar-refractivity contribution in [2.45, 2.75) is 322 Å². The van der Waals surface area contributed by atoms with Crippen molar-refractivity contribution in [2.24, 2.45) is 5.73 Å². The lowest BCUT2D eigenvalue weighted by atomic mass is 10.0. The Bertz CT molecular complexity index is 1430. The molecule has 9 nitrogen and oxygen atoms in total. The van der Waals surface area contributed by atoms with E-state index in [0.717, 1.165) is 51.4 Å². The van der Waals surface area contributed by atoms with Crippen molar-refractivity contribution in [1.29, 1.82) is 0 Å². The van der Waals surface area contributed by atoms with Gasteiger partial charge in [-0.15, -0.1) is 0 Å². The van der Waals surface area contributed by atoms with Gasteiger partial charge in [0.05, 0.1) is 13.2 Å². The minimum atomic E-state index is -4.40. The highest BCUT2D eigenvalue weighted by molar-refractivity contribution is 7.47. The number of hydrogen-bond acceptors (Lipinski definition) is 8. The van der Waals surface area contributed by atoms with Gasteiger partial charge in [0.15, 0.2) is 6.10 Å². The Hall–Kier alpha value is -2.29. The van der Waals surface area contributed by atoms with Gasteiger partial charge in [0.1, 0.15) is 6.61 Å². The summed E-state index contributed by atoms with van der Waals surface area (Å²) >= 11 is 0. The fraction of sp³-hybridized carbons (Fsp3) is 0.818. The first-order chi connectivity index (χ1) is 37.3. The van der Waals surface area contributed by atoms with E-state index < -0.39 is 32.5 Å². The van der Waals surface area contributed by atoms with E-state index in [1.54, 1.807) is 0 Å². The summed E-state index contributed by atoms with van der Waals surface area (Å²) in [5, 5.41) is 0. The topological polar surface area (TPSA) is 134 Å². The average Bonchev–Trinajstić information content (AvgIpc) is 3.41. The zero-order chi connectivity index (χ0) is 55.2. The van der Waals surface area contributed by atoms with Gasteiger partial charge in [-0.3, -0.25) is 18.6 Å². The molecule has 0 aliphatic rings. The molecule has 76 heavy (non-hydrogen) atoms. The highest BCUT2D eigenvalue weighted by Gasteiger charge is 2.26. The van der Waals surface area contributed by atoms with Crippen LogP contribution in [0.25, 0.3) is 0 Å². The van der Waals surface area contributed by atoms with Gasteiger partial charge in [-0.2, -0.15) is 0 Å². The maximum Gasteiger partial charge on any atom is 0.472 e. The highest BCUT2D eigenvalue weighted by atomic mass is 31.2. The molecule has 10 heteroatoms. The lowest BCUT2D eigenvalue weighted by Crippen LogP contribution is -2.29. The van der Waals surface area contributed by atoms with E-state index in [9.17, 15) is 19.0 Å². The molecule has 3 N–H and O–H groups in total. The van der Waals surface area contributed by atoms with Crippen LogP contribution < -0.4 is 5.73 Å². The molecule has 0 aromatic carbocycles. The first kappa shape index (κ1) is 73.7. The molecule has 0 aliphatic heterocycles. The Morgan fingerprint density at radius 1 is 0.408 bits per heavy atom. The number of hydrogen-bond donors (Lipinski definition) is 2. The van der Waals surface area contributed by atoms with E-state index in [1.165, 1.54) is 225 Å². The summed E-state index contributed by atoms with van der Waals surface area (Å²) in [6.07, 6.45) is 79.2. The third kappa shape index (κ3) is 60.9. The molecule has 0 amide bonds. The van der Waals surface area contributed by atoms with Crippen LogP contribution in [-0.2, 0) is 32.7 Å². The third-order valence-corrected chi connectivity index (χ3v) is 15.2. The molecule has 0 spiro atoms. The van der Waals surface area contributed by atoms with Crippen LogP contribution in [0.15, 0.2) is 60.8 Å². The molecule has 0 saturated carbocycles. The van der Waals surface area contributed by atoms with Crippen LogP contribution in [0.4, 0.5) is 0 Å². The summed E-state index contributed by atoms with van der Waals surface area (Å²) in [5.74, 6) is -0.887. The first-order valence-corrected chi connectivity index (χ1v) is 33.8. The normalized spacial score (nSPS) is 13.4. The quantitative estimate of drug-likeness (QED) is 0.0264. The summed E-state index contributed by atoms with van der Waals surface area (Å²) in [6, 6.07) is 0. The van der Waals surface area contributed by atoms with Crippen LogP contribution in [0.5, 0.6) is 0 Å². The van der Waals surface area contributed by atoms with Crippen LogP contribution in [0.1, 0.15) is 316 Å². The first-order valence-electron chi connectivity index (χ1n) is 32.3. The monoisotopic (exact) mass is 1090 g/mol. The van der Waals surface area contributed by atoms with E-state index in [0.29, 0.717) is 12.8 Å². The van der Waals surface area contributed by atoms with Crippen LogP contribution in [-0.4, -0.2) is 49.3 Å². The van der Waals surface area contributed by atoms with Crippen LogP contribution in [0, 0.1) is 0 Å². The Morgan fingerprint density at radius 2 is 0.724 bits per heavy atom. The van der Waals surface area contributed by atoms with Crippen molar-refractivity contribution in [3.05, 3.63) is 60.8 Å². The molecule has 0 aromatic heterocycles. The Labute approximate surface area is 469 Å². The number of nitrogens with two attached hydrogens (primary N) is 1. The Kier molecular flexibility index (Phi) is 60.0. The van der Waals surface area contributed by atoms with Crippen molar-refractivity contribution in [1.82, 2.24) is 0 Å². The summed E-state index contributed by atoms with van der Waals surface area (Å²) in [7, 11) is -4.40. The average molecular weight is 1090 g/mol. The Morgan fingerprint density at radius 3 is 1.07 bits per heavy atom. The second-order valence-electron chi connectivity index (χ2n) is 21.6. The number of unbranched alkanes of at least 4 members (excludes halogenated alkanes) is 38. The van der Waals surface area contributed by atoms with Gasteiger partial charge in [-0.1, -0.05) is 312 Å². The van der Waals surface area contributed by atoms with E-state index in [2.05, 4.69) is 68.5 Å². The molecule has 0 rings (SSSR count). The van der Waals surface area contributed by atoms with Crippen molar-refractivity contribution in [3.63, 3.8) is 0 Å². The molecular weight excluding hydrogens is 966 g/mol. The summed E-state index contributed by atoms with van der Waals surface area (Å²) < 4.78 is 33.0. The molecule has 0 fully saturated rings. The molecule has 0 bridgehead atoms. The largest absolute Gasteiger partial charge is 0.472 e. The third-order valence-electron chi connectivity index (χ3n) is 14.2. The van der Waals surface area contributed by atoms with Gasteiger partial charge in [-0.25, -0.2) is 4.57 Å². The standard InChI is InChI=1S/C66H122NO8P/c1-3-5-7-9-11-13-15-17-19-21-22-23-24-25-26-27-28-29-30-31-32-33-34-35-36-37-38-39-40-41-43-44-46-48-50-52-54-56-58-65(68)72-62-64(63-74-76(70,71)73-61-60-67)75-66(69)59-57-55-53-51-49-47-45-42-20-18-16-14-12-10-8-6-4-2/h6,8,12,14,18,20,45,47,51,53,64H,3-5,7,9-11,13,15-17,19,21-44,46,48-50,52,54-63,67H2,1-2H3,(H,70,71)/b8-6-,14-12-,20-18-,47-45-,53-51-. The van der Waals surface area contributed by atoms with Crippen molar-refractivity contribution < 1.29 is 37.6 Å². The molecule has 0 saturated heterocycles. The lowest BCUT2D eigenvalue weighted by molar-refractivity contribution is -0.161. The number of allylic oxidation sites excluding steroid dienone is 10. The van der Waals surface area contributed by atoms with Gasteiger partial charge in [-0.05, 0) is 51.4 Å². The molecule has 0 aromatic rings. The van der Waals surface area contributed by atoms with Crippen LogP contribution >= 0.6 is 7.82 Å². The second-order valence-corrected chi connectivity index (χ2v) is 23.1. The van der Waals surface area contributed by atoms with Crippen molar-refractivity contribution in [3.8, 4) is 0 Å². The van der Waals surface area contributed by atoms with Crippen LogP contribution in [0.3, 0.4) is 0 Å². The summed E-state index contributed by atoms with van der Waals surface area (Å²) in [4.78, 5) is 35.1. The van der Waals surface area contributed by atoms with E-state index in [-0.39, 0.29) is 32.6 Å². The molecule has 0 heterocycles. The zero-order valence-electron chi connectivity index (χ0n) is 49.7. The van der Waals surface area contributed by atoms with Gasteiger partial charge in [0.25, 0.3) is 0 Å². The smallest absolute Gasteiger partial charge is 0.462 e. The fourth-order valence-electron chi connectivity index (χ4n) is 9.44. The number of carbonyl (C=O) groups excluding carboxylic acids is 2. The van der Waals surface area contributed by atoms with Gasteiger partial charge >= 0.3 is 19.8 Å². The second kappa shape index (κ2) is 61.9. The summed E-state index contributed by atoms with van der Waals surface area (Å²) in [5.41, 5.74) is 5.38. The molecule has 444 valence electrons. The van der Waals surface area contributed by atoms with Crippen molar-refractivity contribution >= 4 is 19.8 Å². The van der Waals surface area contributed by atoms with Crippen molar-refractivity contribution in [2.75, 3.05) is 26.4 Å². The maximum absolute atomic E-state index is 12.6. The zero-order valence-corrected chi connectivity index (χ0v) is 50.6. The SMILES string of the molecule is CC/C=C\C/C=C\C/C=C\C/C=C\C/C=C\CCCC(=O)OC(COC(=O)CCCCCCCCCCCCCCCCCCCCCCCCCCCCCCCCCCCCCCCC)COP(=O)(O)OCCN. The molecular formula is C66H122NO8P. The van der Waals surface area contributed by atoms with E-state index >= 15 is 0 Å². The van der Waals surface area contributed by atoms with Crippen LogP contribution in [0.2, 0.25) is 0 Å². The van der Waals surface area contributed by atoms with Gasteiger partial charge < -0.3 is 20.1 Å². The number of esters is 2. The number of rotatable bonds is 61. The number of ether oxygens (including phenoxy) is 2. The summed E-state index contributed by atoms with van der Waals surface area (Å²) in [6.45, 7) is 3.60. The lowest BCUT2D eigenvalue weighted by Gasteiger charge is -2.19. The predicted octanol–water partition coefficient (Wildman–Crippen LogP) is 20.7. The predicted molar refractivity (Wildman–Crippen MR) is 326 cm³/mol. The fourth-order valence-corrected chi connectivity index (χ4v) is 10.2. The Balaban J connectivity index is 3.78. The van der Waals surface area contributed by atoms with Gasteiger partial charge in [0.2, 0.25) is 0 Å². The molecule has 2 atom stereocenters. The van der Waals surface area contributed by atoms with E-state index in [4.69, 9.17) is 24.3 Å². The van der Waals surface area contributed by atoms with E-state index in [1.807, 2.05) is 6.08 Å². The number of phosphoric acid groups is 1. The molecule has 0 aliphatic carbocycles. The number of phosphoric ester groups is 1. The van der Waals surface area contributed by atoms with Gasteiger partial charge in [0, 0.05) is 19.4 Å². The highest BCUT2D eigenvalue weighted by Crippen LogP contribution is 2.43.